The maximum absolute atomic E-state index is 12.5. The lowest BCUT2D eigenvalue weighted by molar-refractivity contribution is -0.137. The number of fused-ring (bicyclic) bond motifs is 1. The van der Waals surface area contributed by atoms with Crippen LogP contribution in [-0.2, 0) is 17.8 Å². The Hall–Kier alpha value is -1.85. The number of aromatic carboxylic acids is 1. The molecule has 1 fully saturated rings. The second-order valence-corrected chi connectivity index (χ2v) is 5.68. The number of carbonyl (C=O) groups excluding carboxylic acids is 1. The molecule has 6 heteroatoms. The maximum Gasteiger partial charge on any atom is 0.356 e. The molecule has 1 amide bonds. The van der Waals surface area contributed by atoms with Gasteiger partial charge in [0.1, 0.15) is 0 Å². The summed E-state index contributed by atoms with van der Waals surface area (Å²) in [5.41, 5.74) is 1.63. The number of hydrogen-bond donors (Lipinski definition) is 2. The highest BCUT2D eigenvalue weighted by Gasteiger charge is 2.31. The van der Waals surface area contributed by atoms with Crippen molar-refractivity contribution < 1.29 is 14.7 Å². The van der Waals surface area contributed by atoms with Crippen LogP contribution in [0.25, 0.3) is 0 Å². The summed E-state index contributed by atoms with van der Waals surface area (Å²) < 4.78 is 0. The Kier molecular flexibility index (Phi) is 3.46. The molecular formula is C14H19N3O3. The second-order valence-electron chi connectivity index (χ2n) is 5.68. The van der Waals surface area contributed by atoms with Gasteiger partial charge in [-0.3, -0.25) is 9.89 Å². The molecule has 0 radical (unpaired) electrons. The molecule has 0 saturated heterocycles. The van der Waals surface area contributed by atoms with Crippen molar-refractivity contribution in [1.29, 1.82) is 0 Å². The number of carbonyl (C=O) groups is 2. The smallest absolute Gasteiger partial charge is 0.356 e. The van der Waals surface area contributed by atoms with Crippen molar-refractivity contribution in [3.05, 3.63) is 17.0 Å². The van der Waals surface area contributed by atoms with Crippen molar-refractivity contribution >= 4 is 11.9 Å². The summed E-state index contributed by atoms with van der Waals surface area (Å²) in [5.74, 6) is -0.622. The molecule has 2 heterocycles. The first kappa shape index (κ1) is 13.1. The number of carboxylic acids is 1. The van der Waals surface area contributed by atoms with Crippen LogP contribution < -0.4 is 0 Å². The average molecular weight is 277 g/mol. The third kappa shape index (κ3) is 2.30. The van der Waals surface area contributed by atoms with E-state index < -0.39 is 5.97 Å². The molecule has 1 aliphatic heterocycles. The van der Waals surface area contributed by atoms with Gasteiger partial charge < -0.3 is 10.0 Å². The fourth-order valence-electron chi connectivity index (χ4n) is 3.29. The van der Waals surface area contributed by atoms with E-state index >= 15 is 0 Å². The summed E-state index contributed by atoms with van der Waals surface area (Å²) in [4.78, 5) is 25.4. The molecule has 0 aromatic carbocycles. The molecule has 0 bridgehead atoms. The highest BCUT2D eigenvalue weighted by Crippen LogP contribution is 2.28. The van der Waals surface area contributed by atoms with Crippen LogP contribution in [0.3, 0.4) is 0 Å². The summed E-state index contributed by atoms with van der Waals surface area (Å²) in [6, 6.07) is 0. The van der Waals surface area contributed by atoms with E-state index in [2.05, 4.69) is 10.2 Å². The maximum atomic E-state index is 12.5. The molecule has 0 spiro atoms. The lowest BCUT2D eigenvalue weighted by Crippen LogP contribution is -2.40. The quantitative estimate of drug-likeness (QED) is 0.859. The summed E-state index contributed by atoms with van der Waals surface area (Å²) in [6.45, 7) is 1.06. The molecule has 0 unspecified atom stereocenters. The van der Waals surface area contributed by atoms with Crippen LogP contribution in [0.15, 0.2) is 0 Å². The van der Waals surface area contributed by atoms with Gasteiger partial charge in [-0.15, -0.1) is 0 Å². The zero-order valence-corrected chi connectivity index (χ0v) is 11.4. The van der Waals surface area contributed by atoms with Crippen LogP contribution in [-0.4, -0.2) is 38.6 Å². The number of amides is 1. The summed E-state index contributed by atoms with van der Waals surface area (Å²) in [7, 11) is 0. The van der Waals surface area contributed by atoms with Crippen LogP contribution >= 0.6 is 0 Å². The molecule has 108 valence electrons. The van der Waals surface area contributed by atoms with Crippen molar-refractivity contribution in [3.8, 4) is 0 Å². The van der Waals surface area contributed by atoms with E-state index in [4.69, 9.17) is 5.11 Å². The van der Waals surface area contributed by atoms with E-state index in [0.29, 0.717) is 19.5 Å². The zero-order valence-electron chi connectivity index (χ0n) is 11.4. The molecule has 2 aliphatic rings. The second kappa shape index (κ2) is 5.26. The minimum absolute atomic E-state index is 0.102. The normalized spacial score (nSPS) is 19.7. The molecule has 1 aromatic heterocycles. The zero-order chi connectivity index (χ0) is 14.1. The fraction of sp³-hybridized carbons (Fsp3) is 0.643. The van der Waals surface area contributed by atoms with Crippen LogP contribution in [0.4, 0.5) is 0 Å². The van der Waals surface area contributed by atoms with Crippen LogP contribution in [0.5, 0.6) is 0 Å². The third-order valence-electron chi connectivity index (χ3n) is 4.40. The Morgan fingerprint density at radius 2 is 2.00 bits per heavy atom. The Balaban J connectivity index is 1.72. The van der Waals surface area contributed by atoms with Crippen LogP contribution in [0.2, 0.25) is 0 Å². The van der Waals surface area contributed by atoms with E-state index in [1.807, 2.05) is 4.90 Å². The number of hydrogen-bond acceptors (Lipinski definition) is 3. The number of H-pyrrole nitrogens is 1. The predicted molar refractivity (Wildman–Crippen MR) is 71.2 cm³/mol. The molecule has 0 atom stereocenters. The van der Waals surface area contributed by atoms with Gasteiger partial charge in [0.05, 0.1) is 12.2 Å². The van der Waals surface area contributed by atoms with Crippen molar-refractivity contribution in [2.24, 2.45) is 5.92 Å². The lowest BCUT2D eigenvalue weighted by atomic mass is 9.87. The molecule has 2 N–H and O–H groups in total. The lowest BCUT2D eigenvalue weighted by Gasteiger charge is -2.31. The van der Waals surface area contributed by atoms with E-state index in [1.54, 1.807) is 0 Å². The number of aromatic nitrogens is 2. The van der Waals surface area contributed by atoms with E-state index in [1.165, 1.54) is 6.42 Å². The van der Waals surface area contributed by atoms with Crippen molar-refractivity contribution in [3.63, 3.8) is 0 Å². The van der Waals surface area contributed by atoms with Gasteiger partial charge in [-0.2, -0.15) is 5.10 Å². The van der Waals surface area contributed by atoms with Gasteiger partial charge in [0, 0.05) is 18.0 Å². The van der Waals surface area contributed by atoms with Gasteiger partial charge in [0.15, 0.2) is 5.69 Å². The van der Waals surface area contributed by atoms with Crippen molar-refractivity contribution in [1.82, 2.24) is 15.1 Å². The first-order chi connectivity index (χ1) is 9.66. The van der Waals surface area contributed by atoms with E-state index in [9.17, 15) is 9.59 Å². The Morgan fingerprint density at radius 1 is 1.25 bits per heavy atom. The number of nitrogens with zero attached hydrogens (tertiary/aromatic N) is 2. The molecule has 3 rings (SSSR count). The Bertz CT molecular complexity index is 532. The van der Waals surface area contributed by atoms with Crippen LogP contribution in [0.1, 0.15) is 53.8 Å². The molecule has 1 aliphatic carbocycles. The Labute approximate surface area is 117 Å². The molecule has 1 aromatic rings. The predicted octanol–water partition coefficient (Wildman–Crippen LogP) is 1.57. The van der Waals surface area contributed by atoms with Gasteiger partial charge in [0.25, 0.3) is 0 Å². The topological polar surface area (TPSA) is 86.3 Å². The highest BCUT2D eigenvalue weighted by atomic mass is 16.4. The minimum atomic E-state index is -1.01. The monoisotopic (exact) mass is 277 g/mol. The van der Waals surface area contributed by atoms with Crippen LogP contribution in [0, 0.1) is 5.92 Å². The molecule has 6 nitrogen and oxygen atoms in total. The summed E-state index contributed by atoms with van der Waals surface area (Å²) in [5, 5.41) is 15.7. The average Bonchev–Trinajstić information content (AvgIpc) is 2.90. The number of nitrogens with one attached hydrogen (secondary N) is 1. The van der Waals surface area contributed by atoms with Crippen molar-refractivity contribution in [2.45, 2.75) is 45.1 Å². The molecule has 20 heavy (non-hydrogen) atoms. The first-order valence-electron chi connectivity index (χ1n) is 7.25. The van der Waals surface area contributed by atoms with Gasteiger partial charge >= 0.3 is 5.97 Å². The largest absolute Gasteiger partial charge is 0.476 e. The van der Waals surface area contributed by atoms with Gasteiger partial charge in [-0.05, 0) is 19.3 Å². The fourth-order valence-corrected chi connectivity index (χ4v) is 3.29. The first-order valence-corrected chi connectivity index (χ1v) is 7.25. The van der Waals surface area contributed by atoms with Gasteiger partial charge in [-0.25, -0.2) is 4.79 Å². The number of aromatic amines is 1. The molecule has 1 saturated carbocycles. The highest BCUT2D eigenvalue weighted by molar-refractivity contribution is 5.87. The third-order valence-corrected chi connectivity index (χ3v) is 4.40. The number of carboxylic acid groups (broad SMARTS) is 1. The van der Waals surface area contributed by atoms with Crippen molar-refractivity contribution in [2.75, 3.05) is 6.54 Å². The van der Waals surface area contributed by atoms with E-state index in [0.717, 1.165) is 36.9 Å². The Morgan fingerprint density at radius 3 is 2.70 bits per heavy atom. The molecular weight excluding hydrogens is 258 g/mol. The van der Waals surface area contributed by atoms with Gasteiger partial charge in [0.2, 0.25) is 5.91 Å². The summed E-state index contributed by atoms with van der Waals surface area (Å²) in [6.07, 6.45) is 6.07. The number of rotatable bonds is 2. The minimum Gasteiger partial charge on any atom is -0.476 e. The summed E-state index contributed by atoms with van der Waals surface area (Å²) >= 11 is 0. The SMILES string of the molecule is O=C(O)c1n[nH]c2c1CCN(C(=O)C1CCCCC1)C2. The van der Waals surface area contributed by atoms with E-state index in [-0.39, 0.29) is 17.5 Å². The van der Waals surface area contributed by atoms with Gasteiger partial charge in [-0.1, -0.05) is 19.3 Å². The standard InChI is InChI=1S/C14H19N3O3/c18-13(9-4-2-1-3-5-9)17-7-6-10-11(8-17)15-16-12(10)14(19)20/h9H,1-8H2,(H,15,16)(H,19,20).